The van der Waals surface area contributed by atoms with E-state index >= 15 is 0 Å². The second kappa shape index (κ2) is 8.79. The van der Waals surface area contributed by atoms with Crippen LogP contribution in [0.3, 0.4) is 0 Å². The van der Waals surface area contributed by atoms with Gasteiger partial charge in [0.25, 0.3) is 0 Å². The third-order valence-electron chi connectivity index (χ3n) is 5.62. The van der Waals surface area contributed by atoms with Crippen LogP contribution in [0.2, 0.25) is 0 Å². The molecular weight excluding hydrogens is 374 g/mol. The number of rotatable bonds is 6. The number of aromatic nitrogens is 3. The van der Waals surface area contributed by atoms with Crippen LogP contribution in [0.4, 0.5) is 0 Å². The van der Waals surface area contributed by atoms with Crippen molar-refractivity contribution in [2.75, 3.05) is 26.2 Å². The van der Waals surface area contributed by atoms with E-state index in [1.54, 1.807) is 6.08 Å². The third-order valence-corrected chi connectivity index (χ3v) is 5.62. The lowest BCUT2D eigenvalue weighted by Crippen LogP contribution is -2.40. The number of ketones is 1. The minimum atomic E-state index is 0.0400. The molecule has 1 aromatic carbocycles. The van der Waals surface area contributed by atoms with Gasteiger partial charge in [0.1, 0.15) is 0 Å². The molecule has 1 saturated heterocycles. The highest BCUT2D eigenvalue weighted by Crippen LogP contribution is 2.21. The van der Waals surface area contributed by atoms with E-state index in [2.05, 4.69) is 30.1 Å². The number of carbonyl (C=O) groups excluding carboxylic acids is 1. The summed E-state index contributed by atoms with van der Waals surface area (Å²) >= 11 is 0. The SMILES string of the molecule is CCc1nn2c(C)cc(C)nc2c1Cc1ccc(C(=O)/C=C/N2CCNCC2)cc1. The molecule has 6 nitrogen and oxygen atoms in total. The summed E-state index contributed by atoms with van der Waals surface area (Å²) in [5, 5.41) is 8.08. The molecular formula is C24H29N5O. The van der Waals surface area contributed by atoms with Gasteiger partial charge in [0.2, 0.25) is 0 Å². The number of hydrogen-bond donors (Lipinski definition) is 1. The van der Waals surface area contributed by atoms with Crippen LogP contribution < -0.4 is 5.32 Å². The van der Waals surface area contributed by atoms with Crippen molar-refractivity contribution in [1.82, 2.24) is 24.8 Å². The Morgan fingerprint density at radius 1 is 1.17 bits per heavy atom. The summed E-state index contributed by atoms with van der Waals surface area (Å²) in [5.41, 5.74) is 7.14. The van der Waals surface area contributed by atoms with Gasteiger partial charge in [0.05, 0.1) is 5.69 Å². The van der Waals surface area contributed by atoms with E-state index in [9.17, 15) is 4.79 Å². The number of carbonyl (C=O) groups is 1. The second-order valence-electron chi connectivity index (χ2n) is 7.89. The molecule has 0 aliphatic carbocycles. The molecule has 0 spiro atoms. The lowest BCUT2D eigenvalue weighted by Gasteiger charge is -2.25. The fraction of sp³-hybridized carbons (Fsp3) is 0.375. The van der Waals surface area contributed by atoms with Crippen molar-refractivity contribution >= 4 is 11.4 Å². The van der Waals surface area contributed by atoms with E-state index in [1.807, 2.05) is 41.9 Å². The minimum Gasteiger partial charge on any atom is -0.375 e. The van der Waals surface area contributed by atoms with Crippen LogP contribution in [0, 0.1) is 13.8 Å². The molecule has 0 bridgehead atoms. The van der Waals surface area contributed by atoms with Gasteiger partial charge in [-0.3, -0.25) is 4.79 Å². The predicted octanol–water partition coefficient (Wildman–Crippen LogP) is 3.10. The number of piperazine rings is 1. The van der Waals surface area contributed by atoms with Crippen molar-refractivity contribution in [1.29, 1.82) is 0 Å². The molecule has 6 heteroatoms. The van der Waals surface area contributed by atoms with Crippen LogP contribution in [0.15, 0.2) is 42.6 Å². The topological polar surface area (TPSA) is 62.5 Å². The van der Waals surface area contributed by atoms with E-state index in [1.165, 1.54) is 5.56 Å². The maximum Gasteiger partial charge on any atom is 0.187 e. The Morgan fingerprint density at radius 3 is 2.60 bits per heavy atom. The number of hydrogen-bond acceptors (Lipinski definition) is 5. The highest BCUT2D eigenvalue weighted by Gasteiger charge is 2.15. The van der Waals surface area contributed by atoms with Gasteiger partial charge in [-0.2, -0.15) is 5.10 Å². The number of aryl methyl sites for hydroxylation is 3. The predicted molar refractivity (Wildman–Crippen MR) is 119 cm³/mol. The number of benzene rings is 1. The Kier molecular flexibility index (Phi) is 5.95. The Balaban J connectivity index is 1.52. The van der Waals surface area contributed by atoms with Crippen LogP contribution in [0.1, 0.15) is 45.5 Å². The van der Waals surface area contributed by atoms with Gasteiger partial charge in [0.15, 0.2) is 11.4 Å². The highest BCUT2D eigenvalue weighted by atomic mass is 16.1. The van der Waals surface area contributed by atoms with Gasteiger partial charge in [-0.15, -0.1) is 0 Å². The lowest BCUT2D eigenvalue weighted by atomic mass is 10.0. The summed E-state index contributed by atoms with van der Waals surface area (Å²) in [6.07, 6.45) is 5.22. The molecule has 30 heavy (non-hydrogen) atoms. The fourth-order valence-corrected chi connectivity index (χ4v) is 3.97. The number of fused-ring (bicyclic) bond motifs is 1. The first-order chi connectivity index (χ1) is 14.5. The summed E-state index contributed by atoms with van der Waals surface area (Å²) < 4.78 is 1.94. The minimum absolute atomic E-state index is 0.0400. The zero-order valence-corrected chi connectivity index (χ0v) is 18.0. The molecule has 0 saturated carbocycles. The molecule has 0 unspecified atom stereocenters. The molecule has 0 amide bonds. The van der Waals surface area contributed by atoms with Crippen LogP contribution in [-0.4, -0.2) is 51.5 Å². The van der Waals surface area contributed by atoms with Gasteiger partial charge in [-0.25, -0.2) is 9.50 Å². The largest absolute Gasteiger partial charge is 0.375 e. The second-order valence-corrected chi connectivity index (χ2v) is 7.89. The number of nitrogens with one attached hydrogen (secondary N) is 1. The summed E-state index contributed by atoms with van der Waals surface area (Å²) in [4.78, 5) is 19.4. The quantitative estimate of drug-likeness (QED) is 0.506. The molecule has 2 aromatic heterocycles. The first-order valence-electron chi connectivity index (χ1n) is 10.7. The fourth-order valence-electron chi connectivity index (χ4n) is 3.97. The number of allylic oxidation sites excluding steroid dienone is 1. The maximum absolute atomic E-state index is 12.5. The van der Waals surface area contributed by atoms with Crippen molar-refractivity contribution in [2.24, 2.45) is 0 Å². The van der Waals surface area contributed by atoms with Crippen molar-refractivity contribution in [2.45, 2.75) is 33.6 Å². The van der Waals surface area contributed by atoms with Gasteiger partial charge in [-0.05, 0) is 31.9 Å². The smallest absolute Gasteiger partial charge is 0.187 e. The summed E-state index contributed by atoms with van der Waals surface area (Å²) in [7, 11) is 0. The maximum atomic E-state index is 12.5. The average Bonchev–Trinajstić information content (AvgIpc) is 3.11. The molecule has 1 N–H and O–H groups in total. The molecule has 4 rings (SSSR count). The standard InChI is InChI=1S/C24H29N5O/c1-4-22-21(24-26-17(2)15-18(3)29(24)27-22)16-19-5-7-20(8-6-19)23(30)9-12-28-13-10-25-11-14-28/h5-9,12,15,25H,4,10-11,13-14,16H2,1-3H3/b12-9+. The first-order valence-corrected chi connectivity index (χ1v) is 10.7. The molecule has 3 aromatic rings. The molecule has 1 aliphatic heterocycles. The van der Waals surface area contributed by atoms with Crippen molar-refractivity contribution in [3.63, 3.8) is 0 Å². The average molecular weight is 404 g/mol. The normalized spacial score (nSPS) is 14.7. The van der Waals surface area contributed by atoms with E-state index in [-0.39, 0.29) is 5.78 Å². The van der Waals surface area contributed by atoms with Crippen LogP contribution in [0.5, 0.6) is 0 Å². The lowest BCUT2D eigenvalue weighted by molar-refractivity contribution is 0.104. The summed E-state index contributed by atoms with van der Waals surface area (Å²) in [6.45, 7) is 10.0. The van der Waals surface area contributed by atoms with Crippen LogP contribution in [-0.2, 0) is 12.8 Å². The third kappa shape index (κ3) is 4.28. The Labute approximate surface area is 177 Å². The zero-order valence-electron chi connectivity index (χ0n) is 18.0. The van der Waals surface area contributed by atoms with E-state index in [0.717, 1.165) is 67.3 Å². The van der Waals surface area contributed by atoms with Crippen molar-refractivity contribution in [3.8, 4) is 0 Å². The van der Waals surface area contributed by atoms with Crippen LogP contribution >= 0.6 is 0 Å². The first kappa shape index (κ1) is 20.3. The number of nitrogens with zero attached hydrogens (tertiary/aromatic N) is 4. The van der Waals surface area contributed by atoms with Crippen molar-refractivity contribution < 1.29 is 4.79 Å². The van der Waals surface area contributed by atoms with Crippen molar-refractivity contribution in [3.05, 3.63) is 76.4 Å². The van der Waals surface area contributed by atoms with Gasteiger partial charge in [0, 0.05) is 67.4 Å². The highest BCUT2D eigenvalue weighted by molar-refractivity contribution is 6.04. The molecule has 1 aliphatic rings. The monoisotopic (exact) mass is 403 g/mol. The zero-order chi connectivity index (χ0) is 21.1. The molecule has 1 fully saturated rings. The Hall–Kier alpha value is -2.99. The van der Waals surface area contributed by atoms with Gasteiger partial charge >= 0.3 is 0 Å². The van der Waals surface area contributed by atoms with Crippen LogP contribution in [0.25, 0.3) is 5.65 Å². The molecule has 0 atom stereocenters. The van der Waals surface area contributed by atoms with E-state index < -0.39 is 0 Å². The molecule has 0 radical (unpaired) electrons. The van der Waals surface area contributed by atoms with Gasteiger partial charge < -0.3 is 10.2 Å². The van der Waals surface area contributed by atoms with Gasteiger partial charge in [-0.1, -0.05) is 31.2 Å². The Bertz CT molecular complexity index is 1080. The molecule has 3 heterocycles. The molecule has 156 valence electrons. The Morgan fingerprint density at radius 2 is 1.90 bits per heavy atom. The summed E-state index contributed by atoms with van der Waals surface area (Å²) in [6, 6.07) is 9.97. The van der Waals surface area contributed by atoms with E-state index in [0.29, 0.717) is 5.56 Å². The van der Waals surface area contributed by atoms with E-state index in [4.69, 9.17) is 10.1 Å². The summed E-state index contributed by atoms with van der Waals surface area (Å²) in [5.74, 6) is 0.0400.